The molecule has 3 aromatic carbocycles. The second-order valence-corrected chi connectivity index (χ2v) is 11.0. The Morgan fingerprint density at radius 1 is 0.897 bits per heavy atom. The molecule has 0 saturated heterocycles. The van der Waals surface area contributed by atoms with E-state index in [1.807, 2.05) is 18.5 Å². The number of hydrogen-bond acceptors (Lipinski definition) is 5. The standard InChI is InChI=1S/C33H32N4O2/c38-30-12-6-5-11-29(30)37-21-35-31-27-10-4-3-8-25(27)24(19-28(31)33(37)39)20-36-18-15-22-7-1-2-9-26(22)32(36)23-13-16-34-17-14-23/h1-4,7-10,13-14,16-17,19,21,29-30,32,38H,5-6,11-12,15,18,20H2/t29-,30-,32?/m0/s1. The summed E-state index contributed by atoms with van der Waals surface area (Å²) < 4.78 is 1.68. The zero-order valence-electron chi connectivity index (χ0n) is 21.9. The van der Waals surface area contributed by atoms with Crippen LogP contribution in [-0.2, 0) is 13.0 Å². The highest BCUT2D eigenvalue weighted by Gasteiger charge is 2.30. The van der Waals surface area contributed by atoms with Gasteiger partial charge in [0.05, 0.1) is 35.4 Å². The Morgan fingerprint density at radius 3 is 2.51 bits per heavy atom. The van der Waals surface area contributed by atoms with Crippen LogP contribution >= 0.6 is 0 Å². The first-order valence-corrected chi connectivity index (χ1v) is 14.0. The van der Waals surface area contributed by atoms with Gasteiger partial charge in [0.1, 0.15) is 0 Å². The SMILES string of the molecule is O=c1c2cc(CN3CCc4ccccc4C3c3ccncc3)c3ccccc3c2ncn1[C@H]1CCCC[C@@H]1O. The molecule has 6 heteroatoms. The van der Waals surface area contributed by atoms with Gasteiger partial charge in [0.15, 0.2) is 0 Å². The molecule has 0 spiro atoms. The Labute approximate surface area is 227 Å². The third-order valence-corrected chi connectivity index (χ3v) is 8.71. The van der Waals surface area contributed by atoms with Crippen LogP contribution in [-0.4, -0.2) is 37.2 Å². The van der Waals surface area contributed by atoms with Crippen molar-refractivity contribution < 1.29 is 5.11 Å². The Bertz CT molecular complexity index is 1710. The van der Waals surface area contributed by atoms with Crippen LogP contribution in [0.3, 0.4) is 0 Å². The molecule has 2 aliphatic rings. The first kappa shape index (κ1) is 24.2. The van der Waals surface area contributed by atoms with E-state index in [0.29, 0.717) is 11.9 Å². The van der Waals surface area contributed by atoms with Crippen LogP contribution in [0, 0.1) is 0 Å². The van der Waals surface area contributed by atoms with E-state index in [0.717, 1.165) is 60.5 Å². The molecule has 1 fully saturated rings. The fourth-order valence-corrected chi connectivity index (χ4v) is 6.78. The highest BCUT2D eigenvalue weighted by atomic mass is 16.3. The van der Waals surface area contributed by atoms with Crippen molar-refractivity contribution in [3.63, 3.8) is 0 Å². The first-order valence-electron chi connectivity index (χ1n) is 14.0. The molecule has 1 saturated carbocycles. The number of nitrogens with zero attached hydrogens (tertiary/aromatic N) is 4. The molecule has 1 aliphatic carbocycles. The third kappa shape index (κ3) is 4.24. The van der Waals surface area contributed by atoms with Gasteiger partial charge in [0, 0.05) is 30.9 Å². The van der Waals surface area contributed by atoms with Gasteiger partial charge in [-0.1, -0.05) is 61.4 Å². The summed E-state index contributed by atoms with van der Waals surface area (Å²) in [5.41, 5.74) is 5.73. The second-order valence-electron chi connectivity index (χ2n) is 11.0. The normalized spacial score (nSPS) is 21.7. The van der Waals surface area contributed by atoms with Gasteiger partial charge in [-0.15, -0.1) is 0 Å². The lowest BCUT2D eigenvalue weighted by molar-refractivity contribution is 0.0735. The number of aromatic nitrogens is 3. The summed E-state index contributed by atoms with van der Waals surface area (Å²) in [6.45, 7) is 1.63. The van der Waals surface area contributed by atoms with Gasteiger partial charge in [-0.2, -0.15) is 0 Å². The number of benzene rings is 3. The number of pyridine rings is 1. The Hall–Kier alpha value is -3.87. The third-order valence-electron chi connectivity index (χ3n) is 8.71. The van der Waals surface area contributed by atoms with Crippen LogP contribution in [0.2, 0.25) is 0 Å². The van der Waals surface area contributed by atoms with Gasteiger partial charge in [0.2, 0.25) is 0 Å². The molecule has 3 atom stereocenters. The quantitative estimate of drug-likeness (QED) is 0.316. The van der Waals surface area contributed by atoms with E-state index in [1.165, 1.54) is 16.7 Å². The van der Waals surface area contributed by atoms with E-state index in [-0.39, 0.29) is 17.6 Å². The Morgan fingerprint density at radius 2 is 1.67 bits per heavy atom. The molecule has 0 radical (unpaired) electrons. The van der Waals surface area contributed by atoms with Crippen molar-refractivity contribution in [2.75, 3.05) is 6.54 Å². The molecule has 39 heavy (non-hydrogen) atoms. The monoisotopic (exact) mass is 516 g/mol. The molecular formula is C33H32N4O2. The van der Waals surface area contributed by atoms with E-state index in [2.05, 4.69) is 70.5 Å². The van der Waals surface area contributed by atoms with E-state index in [1.54, 1.807) is 10.9 Å². The molecule has 0 bridgehead atoms. The van der Waals surface area contributed by atoms with Crippen LogP contribution in [0.25, 0.3) is 21.7 Å². The van der Waals surface area contributed by atoms with Crippen molar-refractivity contribution in [2.45, 2.75) is 56.8 Å². The smallest absolute Gasteiger partial charge is 0.261 e. The molecule has 1 unspecified atom stereocenters. The summed E-state index contributed by atoms with van der Waals surface area (Å²) in [5.74, 6) is 0. The second kappa shape index (κ2) is 10.0. The number of hydrogen-bond donors (Lipinski definition) is 1. The maximum atomic E-state index is 13.9. The maximum Gasteiger partial charge on any atom is 0.261 e. The highest BCUT2D eigenvalue weighted by molar-refractivity contribution is 6.06. The summed E-state index contributed by atoms with van der Waals surface area (Å²) in [6, 6.07) is 23.2. The summed E-state index contributed by atoms with van der Waals surface area (Å²) in [7, 11) is 0. The van der Waals surface area contributed by atoms with E-state index in [9.17, 15) is 9.90 Å². The van der Waals surface area contributed by atoms with E-state index >= 15 is 0 Å². The van der Waals surface area contributed by atoms with Gasteiger partial charge in [-0.05, 0) is 65.1 Å². The predicted molar refractivity (Wildman–Crippen MR) is 154 cm³/mol. The van der Waals surface area contributed by atoms with Crippen molar-refractivity contribution in [2.24, 2.45) is 0 Å². The minimum Gasteiger partial charge on any atom is -0.391 e. The zero-order chi connectivity index (χ0) is 26.3. The Balaban J connectivity index is 1.36. The molecule has 2 aromatic heterocycles. The summed E-state index contributed by atoms with van der Waals surface area (Å²) in [6.07, 6.45) is 9.40. The van der Waals surface area contributed by atoms with Crippen molar-refractivity contribution >= 4 is 21.7 Å². The van der Waals surface area contributed by atoms with E-state index in [4.69, 9.17) is 4.98 Å². The first-order chi connectivity index (χ1) is 19.2. The topological polar surface area (TPSA) is 71.2 Å². The van der Waals surface area contributed by atoms with Crippen LogP contribution in [0.15, 0.2) is 90.2 Å². The van der Waals surface area contributed by atoms with Crippen molar-refractivity contribution in [3.05, 3.63) is 118 Å². The van der Waals surface area contributed by atoms with Crippen molar-refractivity contribution in [1.29, 1.82) is 0 Å². The van der Waals surface area contributed by atoms with Gasteiger partial charge in [-0.3, -0.25) is 19.2 Å². The molecule has 0 amide bonds. The lowest BCUT2D eigenvalue weighted by atomic mass is 9.88. The van der Waals surface area contributed by atoms with Crippen LogP contribution in [0.4, 0.5) is 0 Å². The molecule has 6 nitrogen and oxygen atoms in total. The zero-order valence-corrected chi connectivity index (χ0v) is 21.9. The lowest BCUT2D eigenvalue weighted by Gasteiger charge is -2.38. The van der Waals surface area contributed by atoms with Crippen LogP contribution in [0.5, 0.6) is 0 Å². The minimum atomic E-state index is -0.509. The summed E-state index contributed by atoms with van der Waals surface area (Å²) in [5, 5.41) is 13.4. The number of aliphatic hydroxyl groups excluding tert-OH is 1. The molecule has 7 rings (SSSR count). The Kier molecular flexibility index (Phi) is 6.22. The summed E-state index contributed by atoms with van der Waals surface area (Å²) >= 11 is 0. The van der Waals surface area contributed by atoms with Gasteiger partial charge in [-0.25, -0.2) is 4.98 Å². The average molecular weight is 517 g/mol. The minimum absolute atomic E-state index is 0.0624. The van der Waals surface area contributed by atoms with Gasteiger partial charge < -0.3 is 5.11 Å². The highest BCUT2D eigenvalue weighted by Crippen LogP contribution is 2.37. The van der Waals surface area contributed by atoms with Crippen LogP contribution < -0.4 is 5.56 Å². The average Bonchev–Trinajstić information content (AvgIpc) is 2.98. The number of aliphatic hydroxyl groups is 1. The lowest BCUT2D eigenvalue weighted by Crippen LogP contribution is -2.36. The largest absolute Gasteiger partial charge is 0.391 e. The molecule has 1 N–H and O–H groups in total. The van der Waals surface area contributed by atoms with Crippen molar-refractivity contribution in [1.82, 2.24) is 19.4 Å². The fourth-order valence-electron chi connectivity index (χ4n) is 6.78. The fraction of sp³-hybridized carbons (Fsp3) is 0.303. The van der Waals surface area contributed by atoms with Gasteiger partial charge in [0.25, 0.3) is 5.56 Å². The summed E-state index contributed by atoms with van der Waals surface area (Å²) in [4.78, 5) is 25.5. The van der Waals surface area contributed by atoms with Gasteiger partial charge >= 0.3 is 0 Å². The van der Waals surface area contributed by atoms with E-state index < -0.39 is 6.10 Å². The molecule has 3 heterocycles. The number of rotatable bonds is 4. The predicted octanol–water partition coefficient (Wildman–Crippen LogP) is 5.57. The number of fused-ring (bicyclic) bond motifs is 4. The molecule has 196 valence electrons. The van der Waals surface area contributed by atoms with Crippen LogP contribution in [0.1, 0.15) is 60.0 Å². The maximum absolute atomic E-state index is 13.9. The molecule has 5 aromatic rings. The molecular weight excluding hydrogens is 484 g/mol. The molecule has 1 aliphatic heterocycles. The van der Waals surface area contributed by atoms with Crippen molar-refractivity contribution in [3.8, 4) is 0 Å².